The Labute approximate surface area is 85.6 Å². The first kappa shape index (κ1) is 9.72. The molecule has 0 spiro atoms. The van der Waals surface area contributed by atoms with E-state index in [2.05, 4.69) is 4.98 Å². The van der Waals surface area contributed by atoms with Crippen molar-refractivity contribution in [3.8, 4) is 5.88 Å². The van der Waals surface area contributed by atoms with Gasteiger partial charge in [-0.25, -0.2) is 9.78 Å². The Morgan fingerprint density at radius 2 is 2.40 bits per heavy atom. The zero-order valence-electron chi connectivity index (χ0n) is 7.84. The fourth-order valence-corrected chi connectivity index (χ4v) is 1.17. The Hall–Kier alpha value is -1.82. The Morgan fingerprint density at radius 3 is 2.93 bits per heavy atom. The monoisotopic (exact) mass is 210 g/mol. The molecule has 0 amide bonds. The van der Waals surface area contributed by atoms with Crippen molar-refractivity contribution >= 4 is 11.7 Å². The predicted molar refractivity (Wildman–Crippen MR) is 50.8 cm³/mol. The van der Waals surface area contributed by atoms with E-state index in [1.165, 1.54) is 12.3 Å². The Bertz CT molecular complexity index is 390. The maximum atomic E-state index is 10.8. The van der Waals surface area contributed by atoms with Gasteiger partial charge in [0.25, 0.3) is 0 Å². The van der Waals surface area contributed by atoms with Crippen LogP contribution >= 0.6 is 0 Å². The lowest BCUT2D eigenvalue weighted by molar-refractivity contribution is -0.0810. The van der Waals surface area contributed by atoms with Gasteiger partial charge in [0, 0.05) is 6.20 Å². The molecule has 1 aliphatic rings. The SMILES string of the molecule is Nc1c(C(=O)O)ccnc1OC1COC1. The molecule has 1 aliphatic heterocycles. The van der Waals surface area contributed by atoms with Gasteiger partial charge in [0.1, 0.15) is 11.8 Å². The van der Waals surface area contributed by atoms with Crippen molar-refractivity contribution in [3.63, 3.8) is 0 Å². The summed E-state index contributed by atoms with van der Waals surface area (Å²) in [5.74, 6) is -0.937. The van der Waals surface area contributed by atoms with Gasteiger partial charge in [-0.3, -0.25) is 0 Å². The number of hydrogen-bond donors (Lipinski definition) is 2. The standard InChI is InChI=1S/C9H10N2O4/c10-7-6(9(12)13)1-2-11-8(7)15-5-3-14-4-5/h1-2,5H,3-4,10H2,(H,12,13). The quantitative estimate of drug-likeness (QED) is 0.736. The van der Waals surface area contributed by atoms with Crippen LogP contribution < -0.4 is 10.5 Å². The molecule has 0 bridgehead atoms. The van der Waals surface area contributed by atoms with Crippen molar-refractivity contribution < 1.29 is 19.4 Å². The largest absolute Gasteiger partial charge is 0.478 e. The third-order valence-corrected chi connectivity index (χ3v) is 2.07. The molecule has 0 unspecified atom stereocenters. The molecule has 2 heterocycles. The van der Waals surface area contributed by atoms with Gasteiger partial charge in [0.15, 0.2) is 0 Å². The van der Waals surface area contributed by atoms with Crippen LogP contribution in [-0.2, 0) is 4.74 Å². The van der Waals surface area contributed by atoms with Crippen molar-refractivity contribution in [2.75, 3.05) is 18.9 Å². The highest BCUT2D eigenvalue weighted by Gasteiger charge is 2.23. The molecule has 3 N–H and O–H groups in total. The second-order valence-corrected chi connectivity index (χ2v) is 3.16. The average Bonchev–Trinajstić information content (AvgIpc) is 2.13. The molecule has 1 fully saturated rings. The van der Waals surface area contributed by atoms with Crippen molar-refractivity contribution in [1.29, 1.82) is 0 Å². The molecular weight excluding hydrogens is 200 g/mol. The van der Waals surface area contributed by atoms with Crippen molar-refractivity contribution in [3.05, 3.63) is 17.8 Å². The van der Waals surface area contributed by atoms with E-state index in [-0.39, 0.29) is 23.2 Å². The fraction of sp³-hybridized carbons (Fsp3) is 0.333. The van der Waals surface area contributed by atoms with Gasteiger partial charge >= 0.3 is 5.97 Å². The third-order valence-electron chi connectivity index (χ3n) is 2.07. The smallest absolute Gasteiger partial charge is 0.338 e. The second-order valence-electron chi connectivity index (χ2n) is 3.16. The van der Waals surface area contributed by atoms with E-state index in [0.717, 1.165) is 0 Å². The number of nitrogens with two attached hydrogens (primary N) is 1. The highest BCUT2D eigenvalue weighted by Crippen LogP contribution is 2.24. The molecule has 0 aromatic carbocycles. The maximum Gasteiger partial charge on any atom is 0.338 e. The summed E-state index contributed by atoms with van der Waals surface area (Å²) in [4.78, 5) is 14.6. The lowest BCUT2D eigenvalue weighted by atomic mass is 10.2. The van der Waals surface area contributed by atoms with Crippen LogP contribution in [0.5, 0.6) is 5.88 Å². The molecule has 0 saturated carbocycles. The van der Waals surface area contributed by atoms with Crippen molar-refractivity contribution in [2.45, 2.75) is 6.10 Å². The molecule has 1 saturated heterocycles. The number of nitrogens with zero attached hydrogens (tertiary/aromatic N) is 1. The first-order chi connectivity index (χ1) is 7.18. The molecule has 0 aliphatic carbocycles. The molecule has 2 rings (SSSR count). The Kier molecular flexibility index (Phi) is 2.42. The van der Waals surface area contributed by atoms with Crippen LogP contribution in [0.4, 0.5) is 5.69 Å². The van der Waals surface area contributed by atoms with Crippen LogP contribution in [0, 0.1) is 0 Å². The number of aromatic carboxylic acids is 1. The van der Waals surface area contributed by atoms with E-state index >= 15 is 0 Å². The van der Waals surface area contributed by atoms with E-state index in [9.17, 15) is 4.79 Å². The molecule has 15 heavy (non-hydrogen) atoms. The summed E-state index contributed by atoms with van der Waals surface area (Å²) in [5.41, 5.74) is 5.66. The van der Waals surface area contributed by atoms with Gasteiger partial charge < -0.3 is 20.3 Å². The van der Waals surface area contributed by atoms with Crippen LogP contribution in [0.2, 0.25) is 0 Å². The van der Waals surface area contributed by atoms with Gasteiger partial charge in [0.2, 0.25) is 5.88 Å². The lowest BCUT2D eigenvalue weighted by Gasteiger charge is -2.26. The third kappa shape index (κ3) is 1.84. The average molecular weight is 210 g/mol. The molecular formula is C9H10N2O4. The highest BCUT2D eigenvalue weighted by molar-refractivity contribution is 5.94. The maximum absolute atomic E-state index is 10.8. The van der Waals surface area contributed by atoms with E-state index < -0.39 is 5.97 Å². The minimum Gasteiger partial charge on any atom is -0.478 e. The molecule has 6 nitrogen and oxygen atoms in total. The second kappa shape index (κ2) is 3.74. The van der Waals surface area contributed by atoms with Crippen LogP contribution in [-0.4, -0.2) is 35.4 Å². The molecule has 6 heteroatoms. The Morgan fingerprint density at radius 1 is 1.67 bits per heavy atom. The predicted octanol–water partition coefficient (Wildman–Crippen LogP) is 0.140. The van der Waals surface area contributed by atoms with Gasteiger partial charge in [0.05, 0.1) is 18.8 Å². The van der Waals surface area contributed by atoms with Crippen LogP contribution in [0.3, 0.4) is 0 Å². The fourth-order valence-electron chi connectivity index (χ4n) is 1.17. The zero-order chi connectivity index (χ0) is 10.8. The summed E-state index contributed by atoms with van der Waals surface area (Å²) >= 11 is 0. The number of carboxylic acids is 1. The Balaban J connectivity index is 2.22. The number of nitrogen functional groups attached to an aromatic ring is 1. The topological polar surface area (TPSA) is 94.7 Å². The summed E-state index contributed by atoms with van der Waals surface area (Å²) in [6, 6.07) is 1.34. The highest BCUT2D eigenvalue weighted by atomic mass is 16.6. The van der Waals surface area contributed by atoms with Gasteiger partial charge in [-0.1, -0.05) is 0 Å². The summed E-state index contributed by atoms with van der Waals surface area (Å²) in [5, 5.41) is 8.81. The number of anilines is 1. The number of ether oxygens (including phenoxy) is 2. The minimum atomic E-state index is -1.09. The van der Waals surface area contributed by atoms with Gasteiger partial charge in [-0.15, -0.1) is 0 Å². The number of hydrogen-bond acceptors (Lipinski definition) is 5. The summed E-state index contributed by atoms with van der Waals surface area (Å²) < 4.78 is 10.3. The summed E-state index contributed by atoms with van der Waals surface area (Å²) in [6.07, 6.45) is 1.28. The van der Waals surface area contributed by atoms with Gasteiger partial charge in [-0.05, 0) is 6.07 Å². The molecule has 0 radical (unpaired) electrons. The van der Waals surface area contributed by atoms with E-state index in [1.54, 1.807) is 0 Å². The number of carbonyl (C=O) groups is 1. The van der Waals surface area contributed by atoms with Crippen molar-refractivity contribution in [1.82, 2.24) is 4.98 Å². The van der Waals surface area contributed by atoms with Gasteiger partial charge in [-0.2, -0.15) is 0 Å². The van der Waals surface area contributed by atoms with Crippen molar-refractivity contribution in [2.24, 2.45) is 0 Å². The normalized spacial score (nSPS) is 15.7. The van der Waals surface area contributed by atoms with Crippen LogP contribution in [0.1, 0.15) is 10.4 Å². The number of carboxylic acid groups (broad SMARTS) is 1. The van der Waals surface area contributed by atoms with E-state index in [1.807, 2.05) is 0 Å². The minimum absolute atomic E-state index is 0.000224. The summed E-state index contributed by atoms with van der Waals surface area (Å²) in [6.45, 7) is 0.969. The summed E-state index contributed by atoms with van der Waals surface area (Å²) in [7, 11) is 0. The lowest BCUT2D eigenvalue weighted by Crippen LogP contribution is -2.39. The van der Waals surface area contributed by atoms with E-state index in [0.29, 0.717) is 13.2 Å². The number of pyridine rings is 1. The molecule has 0 atom stereocenters. The zero-order valence-corrected chi connectivity index (χ0v) is 7.84. The molecule has 1 aromatic rings. The number of aromatic nitrogens is 1. The first-order valence-corrected chi connectivity index (χ1v) is 4.40. The van der Waals surface area contributed by atoms with E-state index in [4.69, 9.17) is 20.3 Å². The molecule has 80 valence electrons. The molecule has 1 aromatic heterocycles. The first-order valence-electron chi connectivity index (χ1n) is 4.40. The van der Waals surface area contributed by atoms with Crippen LogP contribution in [0.15, 0.2) is 12.3 Å². The number of rotatable bonds is 3. The van der Waals surface area contributed by atoms with Crippen LogP contribution in [0.25, 0.3) is 0 Å².